The minimum Gasteiger partial charge on any atom is -0.378 e. The first kappa shape index (κ1) is 12.2. The fourth-order valence-electron chi connectivity index (χ4n) is 1.52. The summed E-state index contributed by atoms with van der Waals surface area (Å²) in [6.07, 6.45) is 0.906. The molecule has 1 aliphatic rings. The van der Waals surface area contributed by atoms with Gasteiger partial charge in [0.05, 0.1) is 25.2 Å². The van der Waals surface area contributed by atoms with E-state index in [-0.39, 0.29) is 36.2 Å². The standard InChI is InChI=1S/C11H19NO3/c1-7(2)10(13)5-12-11(14)9-4-8(3)15-6-9/h7-9H,4-6H2,1-3H3,(H,12,14). The summed E-state index contributed by atoms with van der Waals surface area (Å²) in [5.74, 6) is -0.104. The number of carbonyl (C=O) groups is 2. The van der Waals surface area contributed by atoms with E-state index in [0.717, 1.165) is 6.42 Å². The Morgan fingerprint density at radius 2 is 2.13 bits per heavy atom. The third kappa shape index (κ3) is 3.63. The van der Waals surface area contributed by atoms with Crippen LogP contribution in [0.3, 0.4) is 0 Å². The molecule has 4 heteroatoms. The van der Waals surface area contributed by atoms with Gasteiger partial charge in [-0.25, -0.2) is 0 Å². The normalized spacial score (nSPS) is 25.6. The van der Waals surface area contributed by atoms with Gasteiger partial charge >= 0.3 is 0 Å². The smallest absolute Gasteiger partial charge is 0.225 e. The van der Waals surface area contributed by atoms with Crippen molar-refractivity contribution in [1.82, 2.24) is 5.32 Å². The molecule has 2 atom stereocenters. The van der Waals surface area contributed by atoms with Gasteiger partial charge in [-0.1, -0.05) is 13.8 Å². The van der Waals surface area contributed by atoms with Gasteiger partial charge in [-0.2, -0.15) is 0 Å². The van der Waals surface area contributed by atoms with Crippen LogP contribution < -0.4 is 5.32 Å². The molecule has 1 heterocycles. The van der Waals surface area contributed by atoms with Crippen molar-refractivity contribution < 1.29 is 14.3 Å². The van der Waals surface area contributed by atoms with Crippen LogP contribution in [0, 0.1) is 11.8 Å². The highest BCUT2D eigenvalue weighted by Gasteiger charge is 2.28. The molecule has 1 saturated heterocycles. The zero-order valence-corrected chi connectivity index (χ0v) is 9.58. The van der Waals surface area contributed by atoms with E-state index in [1.165, 1.54) is 0 Å². The van der Waals surface area contributed by atoms with Gasteiger partial charge in [0, 0.05) is 5.92 Å². The predicted octanol–water partition coefficient (Wildman–Crippen LogP) is 0.753. The monoisotopic (exact) mass is 213 g/mol. The number of ether oxygens (including phenoxy) is 1. The minimum atomic E-state index is -0.0834. The van der Waals surface area contributed by atoms with Crippen LogP contribution in [0.15, 0.2) is 0 Å². The third-order valence-corrected chi connectivity index (χ3v) is 2.65. The number of hydrogen-bond donors (Lipinski definition) is 1. The van der Waals surface area contributed by atoms with E-state index in [1.54, 1.807) is 0 Å². The Labute approximate surface area is 90.4 Å². The second kappa shape index (κ2) is 5.26. The molecule has 2 unspecified atom stereocenters. The van der Waals surface area contributed by atoms with Crippen LogP contribution in [-0.2, 0) is 14.3 Å². The van der Waals surface area contributed by atoms with Crippen LogP contribution >= 0.6 is 0 Å². The first-order valence-electron chi connectivity index (χ1n) is 5.42. The highest BCUT2D eigenvalue weighted by atomic mass is 16.5. The molecule has 0 aromatic carbocycles. The largest absolute Gasteiger partial charge is 0.378 e. The second-order valence-electron chi connectivity index (χ2n) is 4.42. The zero-order valence-electron chi connectivity index (χ0n) is 9.58. The first-order chi connectivity index (χ1) is 7.00. The summed E-state index contributed by atoms with van der Waals surface area (Å²) in [4.78, 5) is 22.9. The lowest BCUT2D eigenvalue weighted by molar-refractivity contribution is -0.128. The van der Waals surface area contributed by atoms with Crippen LogP contribution in [0.4, 0.5) is 0 Å². The summed E-state index contributed by atoms with van der Waals surface area (Å²) >= 11 is 0. The summed E-state index contributed by atoms with van der Waals surface area (Å²) in [7, 11) is 0. The van der Waals surface area contributed by atoms with Gasteiger partial charge in [0.25, 0.3) is 0 Å². The second-order valence-corrected chi connectivity index (χ2v) is 4.42. The van der Waals surface area contributed by atoms with Crippen molar-refractivity contribution in [2.45, 2.75) is 33.3 Å². The van der Waals surface area contributed by atoms with E-state index in [4.69, 9.17) is 4.74 Å². The summed E-state index contributed by atoms with van der Waals surface area (Å²) in [6.45, 7) is 6.22. The van der Waals surface area contributed by atoms with Gasteiger partial charge < -0.3 is 10.1 Å². The van der Waals surface area contributed by atoms with Crippen LogP contribution in [0.1, 0.15) is 27.2 Å². The minimum absolute atomic E-state index is 0.0240. The first-order valence-corrected chi connectivity index (χ1v) is 5.42. The maximum absolute atomic E-state index is 11.6. The molecule has 1 amide bonds. The molecular weight excluding hydrogens is 194 g/mol. The summed E-state index contributed by atoms with van der Waals surface area (Å²) in [5.41, 5.74) is 0. The zero-order chi connectivity index (χ0) is 11.4. The number of hydrogen-bond acceptors (Lipinski definition) is 3. The number of nitrogens with one attached hydrogen (secondary N) is 1. The summed E-state index contributed by atoms with van der Waals surface area (Å²) in [5, 5.41) is 2.66. The Balaban J connectivity index is 2.27. The molecule has 0 aliphatic carbocycles. The predicted molar refractivity (Wildman–Crippen MR) is 56.4 cm³/mol. The van der Waals surface area contributed by atoms with Gasteiger partial charge in [-0.05, 0) is 13.3 Å². The highest BCUT2D eigenvalue weighted by Crippen LogP contribution is 2.18. The van der Waals surface area contributed by atoms with Crippen molar-refractivity contribution >= 4 is 11.7 Å². The summed E-state index contributed by atoms with van der Waals surface area (Å²) in [6, 6.07) is 0. The van der Waals surface area contributed by atoms with Crippen LogP contribution in [-0.4, -0.2) is 30.9 Å². The van der Waals surface area contributed by atoms with Crippen molar-refractivity contribution in [3.05, 3.63) is 0 Å². The van der Waals surface area contributed by atoms with E-state index < -0.39 is 0 Å². The molecule has 15 heavy (non-hydrogen) atoms. The molecule has 0 bridgehead atoms. The third-order valence-electron chi connectivity index (χ3n) is 2.65. The molecule has 4 nitrogen and oxygen atoms in total. The molecular formula is C11H19NO3. The molecule has 0 spiro atoms. The Morgan fingerprint density at radius 3 is 2.60 bits per heavy atom. The van der Waals surface area contributed by atoms with E-state index in [2.05, 4.69) is 5.32 Å². The molecule has 1 fully saturated rings. The highest BCUT2D eigenvalue weighted by molar-refractivity contribution is 5.88. The number of Topliss-reactive ketones (excluding diaryl/α,β-unsaturated/α-hetero) is 1. The van der Waals surface area contributed by atoms with Crippen molar-refractivity contribution in [3.63, 3.8) is 0 Å². The number of rotatable bonds is 4. The van der Waals surface area contributed by atoms with Gasteiger partial charge in [-0.3, -0.25) is 9.59 Å². The van der Waals surface area contributed by atoms with Crippen molar-refractivity contribution in [3.8, 4) is 0 Å². The lowest BCUT2D eigenvalue weighted by Crippen LogP contribution is -2.36. The fourth-order valence-corrected chi connectivity index (χ4v) is 1.52. The summed E-state index contributed by atoms with van der Waals surface area (Å²) < 4.78 is 5.30. The van der Waals surface area contributed by atoms with E-state index in [0.29, 0.717) is 6.61 Å². The lowest BCUT2D eigenvalue weighted by atomic mass is 10.0. The molecule has 0 aromatic rings. The average Bonchev–Trinajstić information content (AvgIpc) is 2.60. The van der Waals surface area contributed by atoms with Gasteiger partial charge in [0.2, 0.25) is 5.91 Å². The molecule has 0 aromatic heterocycles. The Morgan fingerprint density at radius 1 is 1.47 bits per heavy atom. The van der Waals surface area contributed by atoms with Crippen LogP contribution in [0.25, 0.3) is 0 Å². The SMILES string of the molecule is CC1CC(C(=O)NCC(=O)C(C)C)CO1. The fraction of sp³-hybridized carbons (Fsp3) is 0.818. The van der Waals surface area contributed by atoms with Crippen LogP contribution in [0.5, 0.6) is 0 Å². The number of carbonyl (C=O) groups excluding carboxylic acids is 2. The quantitative estimate of drug-likeness (QED) is 0.750. The Hall–Kier alpha value is -0.900. The average molecular weight is 213 g/mol. The lowest BCUT2D eigenvalue weighted by Gasteiger charge is -2.09. The van der Waals surface area contributed by atoms with Gasteiger partial charge in [0.1, 0.15) is 0 Å². The Kier molecular flexibility index (Phi) is 4.27. The van der Waals surface area contributed by atoms with Gasteiger partial charge in [0.15, 0.2) is 5.78 Å². The van der Waals surface area contributed by atoms with Crippen molar-refractivity contribution in [1.29, 1.82) is 0 Å². The molecule has 86 valence electrons. The maximum atomic E-state index is 11.6. The molecule has 0 saturated carbocycles. The van der Waals surface area contributed by atoms with Crippen molar-refractivity contribution in [2.75, 3.05) is 13.2 Å². The maximum Gasteiger partial charge on any atom is 0.225 e. The molecule has 1 aliphatic heterocycles. The topological polar surface area (TPSA) is 55.4 Å². The Bertz CT molecular complexity index is 250. The van der Waals surface area contributed by atoms with Crippen LogP contribution in [0.2, 0.25) is 0 Å². The molecule has 0 radical (unpaired) electrons. The van der Waals surface area contributed by atoms with Crippen molar-refractivity contribution in [2.24, 2.45) is 11.8 Å². The number of ketones is 1. The molecule has 1 N–H and O–H groups in total. The van der Waals surface area contributed by atoms with E-state index >= 15 is 0 Å². The number of amides is 1. The van der Waals surface area contributed by atoms with E-state index in [9.17, 15) is 9.59 Å². The van der Waals surface area contributed by atoms with E-state index in [1.807, 2.05) is 20.8 Å². The van der Waals surface area contributed by atoms with Gasteiger partial charge in [-0.15, -0.1) is 0 Å². The molecule has 1 rings (SSSR count).